The van der Waals surface area contributed by atoms with Crippen molar-refractivity contribution in [3.05, 3.63) is 58.0 Å². The SMILES string of the molecule is CN1CCc2ncnc(N3CCCC3c3nc4ccccc4c(=O)n3CC(F)(F)F)c2C1. The van der Waals surface area contributed by atoms with E-state index < -0.39 is 24.3 Å². The Balaban J connectivity index is 1.65. The molecule has 0 radical (unpaired) electrons. The molecule has 1 aromatic carbocycles. The van der Waals surface area contributed by atoms with Crippen molar-refractivity contribution in [1.29, 1.82) is 0 Å². The summed E-state index contributed by atoms with van der Waals surface area (Å²) in [5, 5.41) is 0.186. The van der Waals surface area contributed by atoms with Crippen LogP contribution in [0.1, 0.15) is 36.0 Å². The summed E-state index contributed by atoms with van der Waals surface area (Å²) in [5.74, 6) is 0.866. The molecule has 2 aliphatic rings. The van der Waals surface area contributed by atoms with E-state index in [9.17, 15) is 18.0 Å². The van der Waals surface area contributed by atoms with Crippen molar-refractivity contribution in [3.63, 3.8) is 0 Å². The summed E-state index contributed by atoms with van der Waals surface area (Å²) in [4.78, 5) is 30.8. The van der Waals surface area contributed by atoms with Crippen LogP contribution in [0.4, 0.5) is 19.0 Å². The number of likely N-dealkylation sites (N-methyl/N-ethyl adjacent to an activating group) is 1. The average molecular weight is 444 g/mol. The summed E-state index contributed by atoms with van der Waals surface area (Å²) in [6.07, 6.45) is -0.855. The van der Waals surface area contributed by atoms with E-state index in [1.54, 1.807) is 18.2 Å². The molecular formula is C22H23F3N6O. The van der Waals surface area contributed by atoms with Gasteiger partial charge in [0.05, 0.1) is 22.6 Å². The van der Waals surface area contributed by atoms with Gasteiger partial charge < -0.3 is 9.80 Å². The van der Waals surface area contributed by atoms with Crippen molar-refractivity contribution in [2.24, 2.45) is 0 Å². The second-order valence-electron chi connectivity index (χ2n) is 8.46. The van der Waals surface area contributed by atoms with Crippen molar-refractivity contribution in [1.82, 2.24) is 24.4 Å². The standard InChI is InChI=1S/C22H23F3N6O/c1-29-10-8-16-15(11-29)19(27-13-26-16)30-9-4-7-18(30)20-28-17-6-3-2-5-14(17)21(32)31(20)12-22(23,24)25/h2-3,5-6,13,18H,4,7-12H2,1H3. The number of fused-ring (bicyclic) bond motifs is 2. The first-order chi connectivity index (χ1) is 15.3. The number of halogens is 3. The van der Waals surface area contributed by atoms with Gasteiger partial charge in [0.2, 0.25) is 0 Å². The molecule has 10 heteroatoms. The Labute approximate surface area is 182 Å². The largest absolute Gasteiger partial charge is 0.406 e. The highest BCUT2D eigenvalue weighted by Gasteiger charge is 2.37. The Kier molecular flexibility index (Phi) is 5.11. The van der Waals surface area contributed by atoms with Gasteiger partial charge in [0.1, 0.15) is 24.5 Å². The van der Waals surface area contributed by atoms with Crippen molar-refractivity contribution < 1.29 is 13.2 Å². The van der Waals surface area contributed by atoms with E-state index in [0.717, 1.165) is 41.0 Å². The molecule has 2 aromatic heterocycles. The highest BCUT2D eigenvalue weighted by molar-refractivity contribution is 5.77. The number of para-hydroxylation sites is 1. The Morgan fingerprint density at radius 3 is 2.78 bits per heavy atom. The van der Waals surface area contributed by atoms with Gasteiger partial charge in [-0.2, -0.15) is 13.2 Å². The summed E-state index contributed by atoms with van der Waals surface area (Å²) in [6, 6.07) is 6.08. The van der Waals surface area contributed by atoms with Crippen LogP contribution in [0.2, 0.25) is 0 Å². The number of benzene rings is 1. The van der Waals surface area contributed by atoms with Crippen molar-refractivity contribution in [3.8, 4) is 0 Å². The molecule has 32 heavy (non-hydrogen) atoms. The molecule has 0 amide bonds. The van der Waals surface area contributed by atoms with Crippen molar-refractivity contribution >= 4 is 16.7 Å². The van der Waals surface area contributed by atoms with Crippen LogP contribution in [-0.4, -0.2) is 50.7 Å². The van der Waals surface area contributed by atoms with E-state index in [4.69, 9.17) is 0 Å². The van der Waals surface area contributed by atoms with Gasteiger partial charge in [0.15, 0.2) is 0 Å². The third kappa shape index (κ3) is 3.72. The van der Waals surface area contributed by atoms with Crippen molar-refractivity contribution in [2.45, 2.75) is 44.6 Å². The molecule has 3 aromatic rings. The highest BCUT2D eigenvalue weighted by atomic mass is 19.4. The van der Waals surface area contributed by atoms with Crippen molar-refractivity contribution in [2.75, 3.05) is 25.0 Å². The maximum atomic E-state index is 13.4. The Morgan fingerprint density at radius 1 is 1.16 bits per heavy atom. The van der Waals surface area contributed by atoms with E-state index in [2.05, 4.69) is 19.9 Å². The Morgan fingerprint density at radius 2 is 1.97 bits per heavy atom. The van der Waals surface area contributed by atoms with Crippen LogP contribution >= 0.6 is 0 Å². The second-order valence-corrected chi connectivity index (χ2v) is 8.46. The highest BCUT2D eigenvalue weighted by Crippen LogP contribution is 2.38. The molecule has 0 spiro atoms. The molecule has 0 aliphatic carbocycles. The monoisotopic (exact) mass is 444 g/mol. The molecule has 7 nitrogen and oxygen atoms in total. The van der Waals surface area contributed by atoms with Crippen LogP contribution < -0.4 is 10.5 Å². The van der Waals surface area contributed by atoms with E-state index >= 15 is 0 Å². The first kappa shape index (κ1) is 20.9. The first-order valence-corrected chi connectivity index (χ1v) is 10.7. The molecule has 0 bridgehead atoms. The fourth-order valence-corrected chi connectivity index (χ4v) is 4.77. The number of aromatic nitrogens is 4. The molecule has 4 heterocycles. The minimum Gasteiger partial charge on any atom is -0.346 e. The quantitative estimate of drug-likeness (QED) is 0.619. The van der Waals surface area contributed by atoms with Gasteiger partial charge >= 0.3 is 6.18 Å². The zero-order chi connectivity index (χ0) is 22.5. The van der Waals surface area contributed by atoms with Crippen LogP contribution in [0.5, 0.6) is 0 Å². The molecular weight excluding hydrogens is 421 g/mol. The minimum absolute atomic E-state index is 0.139. The van der Waals surface area contributed by atoms with Crippen LogP contribution in [-0.2, 0) is 19.5 Å². The van der Waals surface area contributed by atoms with Gasteiger partial charge in [-0.1, -0.05) is 12.1 Å². The predicted octanol–water partition coefficient (Wildman–Crippen LogP) is 3.08. The summed E-state index contributed by atoms with van der Waals surface area (Å²) >= 11 is 0. The van der Waals surface area contributed by atoms with Gasteiger partial charge in [0.25, 0.3) is 5.56 Å². The summed E-state index contributed by atoms with van der Waals surface area (Å²) in [5.41, 5.74) is 1.71. The molecule has 0 saturated carbocycles. The van der Waals surface area contributed by atoms with Crippen LogP contribution in [0.25, 0.3) is 10.9 Å². The molecule has 1 saturated heterocycles. The second kappa shape index (κ2) is 7.84. The fourth-order valence-electron chi connectivity index (χ4n) is 4.77. The lowest BCUT2D eigenvalue weighted by molar-refractivity contribution is -0.141. The Hall–Kier alpha value is -3.01. The first-order valence-electron chi connectivity index (χ1n) is 10.7. The third-order valence-electron chi connectivity index (χ3n) is 6.22. The predicted molar refractivity (Wildman–Crippen MR) is 113 cm³/mol. The molecule has 1 fully saturated rings. The van der Waals surface area contributed by atoms with E-state index in [-0.39, 0.29) is 11.2 Å². The zero-order valence-electron chi connectivity index (χ0n) is 17.6. The molecule has 168 valence electrons. The summed E-state index contributed by atoms with van der Waals surface area (Å²) in [7, 11) is 2.02. The van der Waals surface area contributed by atoms with Gasteiger partial charge in [0, 0.05) is 31.6 Å². The molecule has 0 N–H and O–H groups in total. The Bertz CT molecular complexity index is 1220. The van der Waals surface area contributed by atoms with E-state index in [1.165, 1.54) is 12.4 Å². The maximum absolute atomic E-state index is 13.4. The van der Waals surface area contributed by atoms with Crippen LogP contribution in [0.15, 0.2) is 35.4 Å². The van der Waals surface area contributed by atoms with Crippen LogP contribution in [0.3, 0.4) is 0 Å². The minimum atomic E-state index is -4.54. The number of rotatable bonds is 3. The smallest absolute Gasteiger partial charge is 0.346 e. The van der Waals surface area contributed by atoms with Crippen LogP contribution in [0, 0.1) is 0 Å². The van der Waals surface area contributed by atoms with Gasteiger partial charge in [-0.3, -0.25) is 9.36 Å². The van der Waals surface area contributed by atoms with E-state index in [1.807, 2.05) is 11.9 Å². The maximum Gasteiger partial charge on any atom is 0.406 e. The van der Waals surface area contributed by atoms with Gasteiger partial charge in [-0.15, -0.1) is 0 Å². The van der Waals surface area contributed by atoms with Gasteiger partial charge in [-0.25, -0.2) is 15.0 Å². The number of hydrogen-bond donors (Lipinski definition) is 0. The molecule has 2 aliphatic heterocycles. The zero-order valence-corrected chi connectivity index (χ0v) is 17.6. The lowest BCUT2D eigenvalue weighted by Crippen LogP contribution is -2.37. The number of hydrogen-bond acceptors (Lipinski definition) is 6. The summed E-state index contributed by atoms with van der Waals surface area (Å²) < 4.78 is 41.1. The molecule has 1 unspecified atom stereocenters. The topological polar surface area (TPSA) is 67.2 Å². The molecule has 5 rings (SSSR count). The summed E-state index contributed by atoms with van der Waals surface area (Å²) in [6.45, 7) is 0.833. The lowest BCUT2D eigenvalue weighted by Gasteiger charge is -2.32. The normalized spacial score (nSPS) is 19.5. The molecule has 1 atom stereocenters. The number of alkyl halides is 3. The fraction of sp³-hybridized carbons (Fsp3) is 0.455. The average Bonchev–Trinajstić information content (AvgIpc) is 3.24. The van der Waals surface area contributed by atoms with E-state index in [0.29, 0.717) is 25.0 Å². The van der Waals surface area contributed by atoms with Gasteiger partial charge in [-0.05, 0) is 32.0 Å². The number of anilines is 1. The lowest BCUT2D eigenvalue weighted by atomic mass is 10.1. The third-order valence-corrected chi connectivity index (χ3v) is 6.22. The number of nitrogens with zero attached hydrogens (tertiary/aromatic N) is 6.